The fourth-order valence-electron chi connectivity index (χ4n) is 4.14. The summed E-state index contributed by atoms with van der Waals surface area (Å²) in [5.41, 5.74) is 12.7. The normalized spacial score (nSPS) is 13.0. The molecular weight excluding hydrogens is 432 g/mol. The lowest BCUT2D eigenvalue weighted by Gasteiger charge is -2.32. The molecule has 0 saturated carbocycles. The summed E-state index contributed by atoms with van der Waals surface area (Å²) >= 11 is 0. The Morgan fingerprint density at radius 3 is 2.44 bits per heavy atom. The van der Waals surface area contributed by atoms with Gasteiger partial charge >= 0.3 is 5.97 Å². The minimum absolute atomic E-state index is 0.0712. The molecule has 3 aromatic rings. The maximum absolute atomic E-state index is 12.1. The Morgan fingerprint density at radius 2 is 1.88 bits per heavy atom. The van der Waals surface area contributed by atoms with Crippen LogP contribution < -0.4 is 0 Å². The minimum atomic E-state index is -0.850. The van der Waals surface area contributed by atoms with Gasteiger partial charge in [0.2, 0.25) is 5.82 Å². The maximum atomic E-state index is 12.1. The lowest BCUT2D eigenvalue weighted by molar-refractivity contribution is -0.145. The van der Waals surface area contributed by atoms with Gasteiger partial charge in [-0.05, 0) is 52.7 Å². The molecule has 2 atom stereocenters. The SMILES string of the molecule is CCC(CCN(Cc1ccc(-c2ccccc2-c2nn[nH]n2)cc1)[C@H](C(=O)O)C(C)C)N=[N+]=[N-]. The number of carboxylic acids is 1. The zero-order valence-electron chi connectivity index (χ0n) is 19.7. The van der Waals surface area contributed by atoms with Crippen molar-refractivity contribution in [1.82, 2.24) is 25.5 Å². The van der Waals surface area contributed by atoms with Gasteiger partial charge in [0.15, 0.2) is 0 Å². The molecule has 0 bridgehead atoms. The average Bonchev–Trinajstić information content (AvgIpc) is 3.36. The van der Waals surface area contributed by atoms with E-state index in [1.807, 2.05) is 74.2 Å². The zero-order valence-corrected chi connectivity index (χ0v) is 19.7. The van der Waals surface area contributed by atoms with Crippen LogP contribution in [0.1, 0.15) is 39.2 Å². The highest BCUT2D eigenvalue weighted by atomic mass is 16.4. The predicted octanol–water partition coefficient (Wildman–Crippen LogP) is 4.92. The highest BCUT2D eigenvalue weighted by Crippen LogP contribution is 2.30. The van der Waals surface area contributed by atoms with E-state index in [9.17, 15) is 9.90 Å². The summed E-state index contributed by atoms with van der Waals surface area (Å²) in [7, 11) is 0. The number of benzene rings is 2. The van der Waals surface area contributed by atoms with E-state index in [-0.39, 0.29) is 12.0 Å². The molecule has 0 fully saturated rings. The molecule has 3 rings (SSSR count). The van der Waals surface area contributed by atoms with E-state index in [2.05, 4.69) is 30.7 Å². The van der Waals surface area contributed by atoms with E-state index < -0.39 is 12.0 Å². The van der Waals surface area contributed by atoms with Gasteiger partial charge in [0.1, 0.15) is 6.04 Å². The molecule has 0 saturated heterocycles. The van der Waals surface area contributed by atoms with E-state index in [1.165, 1.54) is 0 Å². The predicted molar refractivity (Wildman–Crippen MR) is 130 cm³/mol. The topological polar surface area (TPSA) is 144 Å². The Bertz CT molecular complexity index is 1110. The Hall–Kier alpha value is -3.75. The Kier molecular flexibility index (Phi) is 8.73. The summed E-state index contributed by atoms with van der Waals surface area (Å²) in [5.74, 6) is -0.395. The van der Waals surface area contributed by atoms with Crippen LogP contribution in [-0.2, 0) is 11.3 Å². The lowest BCUT2D eigenvalue weighted by Crippen LogP contribution is -2.45. The molecule has 1 heterocycles. The third-order valence-electron chi connectivity index (χ3n) is 5.88. The Balaban J connectivity index is 1.83. The summed E-state index contributed by atoms with van der Waals surface area (Å²) in [6.45, 7) is 6.79. The highest BCUT2D eigenvalue weighted by Gasteiger charge is 2.29. The summed E-state index contributed by atoms with van der Waals surface area (Å²) in [6.07, 6.45) is 1.32. The van der Waals surface area contributed by atoms with Gasteiger partial charge in [-0.3, -0.25) is 9.69 Å². The second-order valence-electron chi connectivity index (χ2n) is 8.53. The van der Waals surface area contributed by atoms with Crippen LogP contribution in [0.15, 0.2) is 53.6 Å². The summed E-state index contributed by atoms with van der Waals surface area (Å²) in [5, 5.41) is 28.1. The molecule has 0 amide bonds. The fourth-order valence-corrected chi connectivity index (χ4v) is 4.14. The third kappa shape index (κ3) is 6.18. The van der Waals surface area contributed by atoms with Gasteiger partial charge in [0.25, 0.3) is 0 Å². The number of carboxylic acid groups (broad SMARTS) is 1. The number of nitrogens with zero attached hydrogens (tertiary/aromatic N) is 7. The summed E-state index contributed by atoms with van der Waals surface area (Å²) < 4.78 is 0. The van der Waals surface area contributed by atoms with Crippen molar-refractivity contribution in [3.05, 3.63) is 64.5 Å². The number of carbonyl (C=O) groups is 1. The van der Waals surface area contributed by atoms with Crippen molar-refractivity contribution in [2.75, 3.05) is 6.54 Å². The number of rotatable bonds is 12. The average molecular weight is 463 g/mol. The molecular formula is C24H30N8O2. The lowest BCUT2D eigenvalue weighted by atomic mass is 9.97. The van der Waals surface area contributed by atoms with Crippen LogP contribution in [0.2, 0.25) is 0 Å². The van der Waals surface area contributed by atoms with Crippen LogP contribution in [-0.4, -0.2) is 55.2 Å². The highest BCUT2D eigenvalue weighted by molar-refractivity contribution is 5.80. The molecule has 10 heteroatoms. The van der Waals surface area contributed by atoms with E-state index >= 15 is 0 Å². The number of tetrazole rings is 1. The first kappa shape index (κ1) is 24.9. The third-order valence-corrected chi connectivity index (χ3v) is 5.88. The number of aromatic amines is 1. The number of azide groups is 1. The fraction of sp³-hybridized carbons (Fsp3) is 0.417. The monoisotopic (exact) mass is 462 g/mol. The van der Waals surface area contributed by atoms with Gasteiger partial charge in [0, 0.05) is 23.1 Å². The van der Waals surface area contributed by atoms with Crippen molar-refractivity contribution in [3.8, 4) is 22.5 Å². The van der Waals surface area contributed by atoms with Crippen molar-refractivity contribution >= 4 is 5.97 Å². The van der Waals surface area contributed by atoms with Crippen molar-refractivity contribution in [2.45, 2.75) is 52.2 Å². The van der Waals surface area contributed by atoms with E-state index in [4.69, 9.17) is 5.53 Å². The Morgan fingerprint density at radius 1 is 1.18 bits per heavy atom. The molecule has 0 spiro atoms. The molecule has 1 aromatic heterocycles. The first-order chi connectivity index (χ1) is 16.4. The van der Waals surface area contributed by atoms with Crippen LogP contribution >= 0.6 is 0 Å². The van der Waals surface area contributed by atoms with Crippen molar-refractivity contribution in [1.29, 1.82) is 0 Å². The van der Waals surface area contributed by atoms with Crippen LogP contribution in [0, 0.1) is 5.92 Å². The largest absolute Gasteiger partial charge is 0.480 e. The zero-order chi connectivity index (χ0) is 24.5. The maximum Gasteiger partial charge on any atom is 0.321 e. The first-order valence-electron chi connectivity index (χ1n) is 11.4. The standard InChI is InChI=1S/C24H30N8O2/c1-4-19(26-29-25)13-14-32(22(16(2)3)24(33)34)15-17-9-11-18(12-10-17)20-7-5-6-8-21(20)23-27-30-31-28-23/h5-12,16,19,22H,4,13-15H2,1-3H3,(H,33,34)(H,27,28,30,31)/t19?,22-/m0/s1. The van der Waals surface area contributed by atoms with Crippen molar-refractivity contribution < 1.29 is 9.90 Å². The van der Waals surface area contributed by atoms with Crippen LogP contribution in [0.4, 0.5) is 0 Å². The van der Waals surface area contributed by atoms with E-state index in [0.717, 1.165) is 22.3 Å². The minimum Gasteiger partial charge on any atom is -0.480 e. The van der Waals surface area contributed by atoms with E-state index in [0.29, 0.717) is 31.8 Å². The number of hydrogen-bond donors (Lipinski definition) is 2. The molecule has 34 heavy (non-hydrogen) atoms. The summed E-state index contributed by atoms with van der Waals surface area (Å²) in [4.78, 5) is 16.9. The number of aliphatic carboxylic acids is 1. The van der Waals surface area contributed by atoms with Gasteiger partial charge in [-0.2, -0.15) is 5.21 Å². The van der Waals surface area contributed by atoms with Gasteiger partial charge in [-0.25, -0.2) is 0 Å². The van der Waals surface area contributed by atoms with Gasteiger partial charge < -0.3 is 5.11 Å². The van der Waals surface area contributed by atoms with E-state index in [1.54, 1.807) is 0 Å². The molecule has 178 valence electrons. The quantitative estimate of drug-likeness (QED) is 0.222. The number of hydrogen-bond acceptors (Lipinski definition) is 6. The molecule has 0 aliphatic heterocycles. The number of aromatic nitrogens is 4. The molecule has 0 aliphatic carbocycles. The second kappa shape index (κ2) is 11.9. The first-order valence-corrected chi connectivity index (χ1v) is 11.4. The molecule has 2 N–H and O–H groups in total. The van der Waals surface area contributed by atoms with Crippen molar-refractivity contribution in [3.63, 3.8) is 0 Å². The van der Waals surface area contributed by atoms with Crippen LogP contribution in [0.3, 0.4) is 0 Å². The molecule has 0 radical (unpaired) electrons. The van der Waals surface area contributed by atoms with Crippen molar-refractivity contribution in [2.24, 2.45) is 11.0 Å². The summed E-state index contributed by atoms with van der Waals surface area (Å²) in [6, 6.07) is 15.1. The smallest absolute Gasteiger partial charge is 0.321 e. The molecule has 0 aliphatic rings. The van der Waals surface area contributed by atoms with Crippen LogP contribution in [0.5, 0.6) is 0 Å². The van der Waals surface area contributed by atoms with Crippen LogP contribution in [0.25, 0.3) is 33.0 Å². The molecule has 2 aromatic carbocycles. The van der Waals surface area contributed by atoms with Gasteiger partial charge in [-0.15, -0.1) is 10.2 Å². The molecule has 10 nitrogen and oxygen atoms in total. The number of H-pyrrole nitrogens is 1. The Labute approximate surface area is 198 Å². The molecule has 1 unspecified atom stereocenters. The van der Waals surface area contributed by atoms with Gasteiger partial charge in [0.05, 0.1) is 0 Å². The number of nitrogens with one attached hydrogen (secondary N) is 1. The second-order valence-corrected chi connectivity index (χ2v) is 8.53. The van der Waals surface area contributed by atoms with Gasteiger partial charge in [-0.1, -0.05) is 74.4 Å².